The molecule has 0 fully saturated rings. The Morgan fingerprint density at radius 2 is 2.42 bits per heavy atom. The molecule has 1 N–H and O–H groups in total. The van der Waals surface area contributed by atoms with Gasteiger partial charge in [-0.2, -0.15) is 0 Å². The van der Waals surface area contributed by atoms with Gasteiger partial charge in [0.25, 0.3) is 0 Å². The van der Waals surface area contributed by atoms with E-state index in [1.54, 1.807) is 0 Å². The highest BCUT2D eigenvalue weighted by Crippen LogP contribution is 2.10. The topological polar surface area (TPSA) is 12.0 Å². The Hall–Kier alpha value is -0.300. The van der Waals surface area contributed by atoms with Crippen LogP contribution in [0, 0.1) is 5.92 Å². The first-order valence-corrected chi connectivity index (χ1v) is 5.23. The van der Waals surface area contributed by atoms with Gasteiger partial charge in [-0.15, -0.1) is 0 Å². The Bertz CT molecular complexity index is 140. The van der Waals surface area contributed by atoms with Gasteiger partial charge in [0.2, 0.25) is 0 Å². The minimum absolute atomic E-state index is 0.660. The number of allylic oxidation sites excluding steroid dienone is 1. The first-order chi connectivity index (χ1) is 5.83. The smallest absolute Gasteiger partial charge is 0.0250 e. The van der Waals surface area contributed by atoms with Crippen LogP contribution in [0.1, 0.15) is 39.5 Å². The molecule has 0 aromatic rings. The van der Waals surface area contributed by atoms with Crippen molar-refractivity contribution in [3.8, 4) is 0 Å². The molecule has 2 atom stereocenters. The second kappa shape index (κ2) is 5.36. The maximum absolute atomic E-state index is 3.59. The zero-order valence-corrected chi connectivity index (χ0v) is 8.34. The van der Waals surface area contributed by atoms with Crippen LogP contribution in [0.25, 0.3) is 0 Å². The van der Waals surface area contributed by atoms with E-state index in [0.717, 1.165) is 5.92 Å². The van der Waals surface area contributed by atoms with Crippen LogP contribution in [0.3, 0.4) is 0 Å². The van der Waals surface area contributed by atoms with Gasteiger partial charge in [-0.05, 0) is 31.7 Å². The first-order valence-electron chi connectivity index (χ1n) is 5.23. The Labute approximate surface area is 76.2 Å². The normalized spacial score (nSPS) is 25.7. The largest absolute Gasteiger partial charge is 0.310 e. The van der Waals surface area contributed by atoms with Gasteiger partial charge in [0, 0.05) is 6.04 Å². The molecule has 0 aliphatic heterocycles. The van der Waals surface area contributed by atoms with Gasteiger partial charge in [0.1, 0.15) is 0 Å². The van der Waals surface area contributed by atoms with Gasteiger partial charge in [0.05, 0.1) is 0 Å². The lowest BCUT2D eigenvalue weighted by atomic mass is 10.0. The number of hydrogen-bond acceptors (Lipinski definition) is 1. The number of rotatable bonds is 4. The first kappa shape index (κ1) is 9.79. The monoisotopic (exact) mass is 167 g/mol. The van der Waals surface area contributed by atoms with Crippen LogP contribution in [0.2, 0.25) is 0 Å². The summed E-state index contributed by atoms with van der Waals surface area (Å²) in [7, 11) is 0. The van der Waals surface area contributed by atoms with Crippen LogP contribution in [0.15, 0.2) is 12.2 Å². The molecule has 0 bridgehead atoms. The molecule has 0 amide bonds. The Morgan fingerprint density at radius 3 is 3.00 bits per heavy atom. The fraction of sp³-hybridized carbons (Fsp3) is 0.818. The molecule has 0 saturated carbocycles. The highest BCUT2D eigenvalue weighted by molar-refractivity contribution is 4.97. The summed E-state index contributed by atoms with van der Waals surface area (Å²) in [6, 6.07) is 0.660. The molecule has 70 valence electrons. The van der Waals surface area contributed by atoms with E-state index in [2.05, 4.69) is 31.3 Å². The zero-order valence-electron chi connectivity index (χ0n) is 8.34. The summed E-state index contributed by atoms with van der Waals surface area (Å²) in [6.07, 6.45) is 9.87. The fourth-order valence-corrected chi connectivity index (χ4v) is 1.48. The molecule has 12 heavy (non-hydrogen) atoms. The van der Waals surface area contributed by atoms with E-state index in [-0.39, 0.29) is 0 Å². The predicted molar refractivity (Wildman–Crippen MR) is 54.2 cm³/mol. The van der Waals surface area contributed by atoms with Crippen molar-refractivity contribution in [3.63, 3.8) is 0 Å². The van der Waals surface area contributed by atoms with E-state index in [1.165, 1.54) is 32.2 Å². The third kappa shape index (κ3) is 3.40. The van der Waals surface area contributed by atoms with Crippen molar-refractivity contribution in [1.82, 2.24) is 5.32 Å². The van der Waals surface area contributed by atoms with Crippen molar-refractivity contribution in [2.75, 3.05) is 6.54 Å². The van der Waals surface area contributed by atoms with Gasteiger partial charge < -0.3 is 5.32 Å². The minimum Gasteiger partial charge on any atom is -0.310 e. The van der Waals surface area contributed by atoms with Crippen LogP contribution in [-0.2, 0) is 0 Å². The molecule has 0 spiro atoms. The summed E-state index contributed by atoms with van der Waals surface area (Å²) in [4.78, 5) is 0. The molecule has 0 heterocycles. The molecule has 1 aliphatic carbocycles. The standard InChI is InChI=1S/C11H21N/c1-3-10(2)9-12-11-7-5-4-6-8-11/h5,7,10-12H,3-4,6,8-9H2,1-2H3. The minimum atomic E-state index is 0.660. The van der Waals surface area contributed by atoms with Crippen molar-refractivity contribution in [2.24, 2.45) is 5.92 Å². The molecular formula is C11H21N. The van der Waals surface area contributed by atoms with Crippen LogP contribution in [0.4, 0.5) is 0 Å². The summed E-state index contributed by atoms with van der Waals surface area (Å²) >= 11 is 0. The molecule has 0 saturated heterocycles. The van der Waals surface area contributed by atoms with Crippen LogP contribution < -0.4 is 5.32 Å². The van der Waals surface area contributed by atoms with Gasteiger partial charge in [0.15, 0.2) is 0 Å². The molecule has 1 rings (SSSR count). The Morgan fingerprint density at radius 1 is 1.58 bits per heavy atom. The van der Waals surface area contributed by atoms with Crippen molar-refractivity contribution in [1.29, 1.82) is 0 Å². The Kier molecular flexibility index (Phi) is 4.37. The number of hydrogen-bond donors (Lipinski definition) is 1. The maximum atomic E-state index is 3.59. The lowest BCUT2D eigenvalue weighted by molar-refractivity contribution is 0.447. The van der Waals surface area contributed by atoms with Gasteiger partial charge in [-0.1, -0.05) is 32.4 Å². The summed E-state index contributed by atoms with van der Waals surface area (Å²) in [5, 5.41) is 3.59. The predicted octanol–water partition coefficient (Wildman–Crippen LogP) is 2.73. The molecule has 0 radical (unpaired) electrons. The van der Waals surface area contributed by atoms with Crippen molar-refractivity contribution < 1.29 is 0 Å². The Balaban J connectivity index is 2.13. The quantitative estimate of drug-likeness (QED) is 0.635. The molecule has 1 heteroatoms. The zero-order chi connectivity index (χ0) is 8.81. The molecule has 0 aromatic heterocycles. The third-order valence-electron chi connectivity index (χ3n) is 2.68. The second-order valence-corrected chi connectivity index (χ2v) is 3.89. The molecule has 1 aliphatic rings. The molecule has 2 unspecified atom stereocenters. The third-order valence-corrected chi connectivity index (χ3v) is 2.68. The van der Waals surface area contributed by atoms with Gasteiger partial charge >= 0.3 is 0 Å². The van der Waals surface area contributed by atoms with Gasteiger partial charge in [-0.25, -0.2) is 0 Å². The molecule has 0 aromatic carbocycles. The van der Waals surface area contributed by atoms with Crippen LogP contribution in [-0.4, -0.2) is 12.6 Å². The van der Waals surface area contributed by atoms with E-state index in [1.807, 2.05) is 0 Å². The van der Waals surface area contributed by atoms with Crippen LogP contribution >= 0.6 is 0 Å². The van der Waals surface area contributed by atoms with Crippen molar-refractivity contribution in [2.45, 2.75) is 45.6 Å². The maximum Gasteiger partial charge on any atom is 0.0250 e. The highest BCUT2D eigenvalue weighted by Gasteiger charge is 2.07. The van der Waals surface area contributed by atoms with Crippen molar-refractivity contribution >= 4 is 0 Å². The average molecular weight is 167 g/mol. The van der Waals surface area contributed by atoms with E-state index in [4.69, 9.17) is 0 Å². The lowest BCUT2D eigenvalue weighted by Crippen LogP contribution is -2.31. The SMILES string of the molecule is CCC(C)CNC1C=CCCC1. The lowest BCUT2D eigenvalue weighted by Gasteiger charge is -2.19. The fourth-order valence-electron chi connectivity index (χ4n) is 1.48. The summed E-state index contributed by atoms with van der Waals surface area (Å²) in [5.41, 5.74) is 0. The van der Waals surface area contributed by atoms with Crippen LogP contribution in [0.5, 0.6) is 0 Å². The summed E-state index contributed by atoms with van der Waals surface area (Å²) < 4.78 is 0. The van der Waals surface area contributed by atoms with Crippen molar-refractivity contribution in [3.05, 3.63) is 12.2 Å². The highest BCUT2D eigenvalue weighted by atomic mass is 14.9. The van der Waals surface area contributed by atoms with Gasteiger partial charge in [-0.3, -0.25) is 0 Å². The van der Waals surface area contributed by atoms with E-state index < -0.39 is 0 Å². The summed E-state index contributed by atoms with van der Waals surface area (Å²) in [5.74, 6) is 0.820. The van der Waals surface area contributed by atoms with E-state index >= 15 is 0 Å². The molecule has 1 nitrogen and oxygen atoms in total. The molecular weight excluding hydrogens is 146 g/mol. The average Bonchev–Trinajstić information content (AvgIpc) is 2.16. The number of nitrogens with one attached hydrogen (secondary N) is 1. The summed E-state index contributed by atoms with van der Waals surface area (Å²) in [6.45, 7) is 5.73. The van der Waals surface area contributed by atoms with E-state index in [0.29, 0.717) is 6.04 Å². The van der Waals surface area contributed by atoms with E-state index in [9.17, 15) is 0 Å². The second-order valence-electron chi connectivity index (χ2n) is 3.89.